The van der Waals surface area contributed by atoms with Gasteiger partial charge in [0.05, 0.1) is 59.6 Å². The van der Waals surface area contributed by atoms with Crippen LogP contribution < -0.4 is 0 Å². The normalized spacial score (nSPS) is 16.3. The summed E-state index contributed by atoms with van der Waals surface area (Å²) in [5.74, 6) is -0.747. The summed E-state index contributed by atoms with van der Waals surface area (Å²) in [5.41, 5.74) is 3.64. The first kappa shape index (κ1) is 62.9. The molecule has 128 heavy (non-hydrogen) atoms. The molecular formula is C118H124N6O2Pt2-2. The van der Waals surface area contributed by atoms with Crippen molar-refractivity contribution in [3.8, 4) is 135 Å². The van der Waals surface area contributed by atoms with Crippen molar-refractivity contribution in [2.45, 2.75) is 223 Å². The van der Waals surface area contributed by atoms with Crippen molar-refractivity contribution in [3.63, 3.8) is 0 Å². The fraction of sp³-hybridized carbons (Fsp3) is 0.288. The number of phenols is 2. The quantitative estimate of drug-likeness (QED) is 0.118. The van der Waals surface area contributed by atoms with Gasteiger partial charge in [0.1, 0.15) is 23.1 Å². The Balaban J connectivity index is 0.000000257. The van der Waals surface area contributed by atoms with Gasteiger partial charge in [-0.15, -0.1) is 58.7 Å². The van der Waals surface area contributed by atoms with E-state index in [9.17, 15) is 11.6 Å². The van der Waals surface area contributed by atoms with Gasteiger partial charge in [0, 0.05) is 113 Å². The Morgan fingerprint density at radius 2 is 0.688 bits per heavy atom. The summed E-state index contributed by atoms with van der Waals surface area (Å²) in [6.07, 6.45) is 0.835. The van der Waals surface area contributed by atoms with Crippen molar-refractivity contribution >= 4 is 22.1 Å². The maximum absolute atomic E-state index is 12.8. The van der Waals surface area contributed by atoms with Crippen molar-refractivity contribution in [3.05, 3.63) is 335 Å². The molecule has 0 aliphatic heterocycles. The molecule has 0 fully saturated rings. The van der Waals surface area contributed by atoms with Crippen LogP contribution in [0.4, 0.5) is 0 Å². The van der Waals surface area contributed by atoms with Gasteiger partial charge in [0.15, 0.2) is 0 Å². The average Bonchev–Trinajstić information content (AvgIpc) is 1.46. The SMILES string of the molecule is [2H]c1c([2H])c(C([2H])([2H])[2H])c([2H])c([2H])c1-c1ccnc(-c2[c-]c(-c3cccc4c3nc(-c3cc(C(C)(C)C)cc(C(C)(C([2H])([2H])[2H])C([2H])([2H])[2H])c3O)n4-c3ccc(C(C)(C)C)cc3-c3ccccc3)cc(C(C)(C)C)c2)c1.[2H]c1nc(-c2[c-]c(-c3cccc4c3nc(-c3cc(C(C)(C)C)cc(C(C)(C([2H])([2H])[2H])C([2H])([2H])[2H])c3O)n4-c3ccc(C(C)(C)C)cc3-c3ccccc3)cc(C(C)(C)C)c2)c([2H])c(-c2c([2H])c([2H])c(C([2H])([2H])[2H])c([2H])c2[2H])c1[2H].[Pt].[Pt]. The second-order valence-electron chi connectivity index (χ2n) is 39.2. The number of hydrogen-bond acceptors (Lipinski definition) is 6. The Bertz CT molecular complexity index is 8200. The van der Waals surface area contributed by atoms with Crippen LogP contribution in [0.5, 0.6) is 11.5 Å². The Labute approximate surface area is 831 Å². The zero-order valence-corrected chi connectivity index (χ0v) is 80.3. The molecule has 0 amide bonds. The molecule has 4 aromatic heterocycles. The van der Waals surface area contributed by atoms with Crippen LogP contribution in [0.3, 0.4) is 0 Å². The van der Waals surface area contributed by atoms with Gasteiger partial charge in [-0.3, -0.25) is 19.1 Å². The fourth-order valence-corrected chi connectivity index (χ4v) is 15.6. The van der Waals surface area contributed by atoms with E-state index in [1.54, 1.807) is 30.3 Å². The molecule has 16 aromatic rings. The molecule has 0 atom stereocenters. The number of nitrogens with zero attached hydrogens (tertiary/aromatic N) is 6. The first-order valence-electron chi connectivity index (χ1n) is 56.7. The van der Waals surface area contributed by atoms with Gasteiger partial charge in [-0.2, -0.15) is 0 Å². The summed E-state index contributed by atoms with van der Waals surface area (Å²) < 4.78 is 253. The van der Waals surface area contributed by atoms with E-state index in [0.29, 0.717) is 83.6 Å². The summed E-state index contributed by atoms with van der Waals surface area (Å²) in [7, 11) is 0. The maximum Gasteiger partial charge on any atom is 0.148 e. The van der Waals surface area contributed by atoms with Crippen LogP contribution in [0.1, 0.15) is 261 Å². The van der Waals surface area contributed by atoms with Gasteiger partial charge in [0.2, 0.25) is 0 Å². The predicted molar refractivity (Wildman–Crippen MR) is 532 cm³/mol. The maximum atomic E-state index is 12.8. The number of benzene rings is 12. The summed E-state index contributed by atoms with van der Waals surface area (Å²) in [6, 6.07) is 60.4. The Hall–Kier alpha value is -11.1. The minimum absolute atomic E-state index is 0. The zero-order chi connectivity index (χ0) is 115. The van der Waals surface area contributed by atoms with Gasteiger partial charge in [-0.25, -0.2) is 9.97 Å². The van der Waals surface area contributed by atoms with Gasteiger partial charge in [0.25, 0.3) is 0 Å². The molecule has 0 saturated heterocycles. The van der Waals surface area contributed by atoms with Gasteiger partial charge in [-0.1, -0.05) is 369 Å². The van der Waals surface area contributed by atoms with E-state index in [4.69, 9.17) is 53.3 Å². The Morgan fingerprint density at radius 3 is 1.08 bits per heavy atom. The summed E-state index contributed by atoms with van der Waals surface area (Å²) >= 11 is 0. The van der Waals surface area contributed by atoms with Crippen LogP contribution in [0.15, 0.2) is 267 Å². The van der Waals surface area contributed by atoms with Crippen molar-refractivity contribution in [2.75, 3.05) is 0 Å². The van der Waals surface area contributed by atoms with E-state index in [1.165, 1.54) is 18.3 Å². The summed E-state index contributed by atoms with van der Waals surface area (Å²) in [6.45, 7) is 20.2. The number of phenolic OH excluding ortho intramolecular Hbond substituents is 2. The minimum Gasteiger partial charge on any atom is -0.507 e. The third kappa shape index (κ3) is 19.7. The Kier molecular flexibility index (Phi) is 17.6. The molecule has 4 heterocycles. The molecule has 0 radical (unpaired) electrons. The third-order valence-electron chi connectivity index (χ3n) is 23.0. The van der Waals surface area contributed by atoms with E-state index in [0.717, 1.165) is 52.8 Å². The second-order valence-corrected chi connectivity index (χ2v) is 39.2. The molecule has 0 saturated carbocycles. The van der Waals surface area contributed by atoms with Crippen molar-refractivity contribution in [1.29, 1.82) is 0 Å². The Morgan fingerprint density at radius 1 is 0.312 bits per heavy atom. The second kappa shape index (κ2) is 35.7. The largest absolute Gasteiger partial charge is 0.507 e. The standard InChI is InChI=1S/2C59H62N3O.2Pt/c2*1-37-22-24-38(25-23-37)40-28-29-60-50(33-40)42-30-41(31-44(32-42)57(5,6)7)46-20-17-21-52-53(46)61-55(48-35-45(58(8,9)10)36-49(54(48)63)59(11,12)13)62(52)51-27-26-43(56(2,3)4)34-47(51)39-18-15-14-16-19-39;;/h2*14-29,31-36,63H,1-13H3;;/q2*-1;;/i1D3,11D3,12D3,22D,23D,24D,25D,28D,29D,33D;1D3,11D3,12D3,22D,23D,24D,25D;;. The first-order chi connectivity index (χ1) is 71.2. The van der Waals surface area contributed by atoms with E-state index in [1.807, 2.05) is 205 Å². The summed E-state index contributed by atoms with van der Waals surface area (Å²) in [5, 5.41) is 25.6. The van der Waals surface area contributed by atoms with Crippen LogP contribution >= 0.6 is 0 Å². The smallest absolute Gasteiger partial charge is 0.148 e. The predicted octanol–water partition coefficient (Wildman–Crippen LogP) is 31.5. The molecule has 2 N–H and O–H groups in total. The number of para-hydroxylation sites is 2. The molecule has 0 aliphatic rings. The molecule has 660 valence electrons. The van der Waals surface area contributed by atoms with E-state index < -0.39 is 174 Å². The fourth-order valence-electron chi connectivity index (χ4n) is 15.6. The van der Waals surface area contributed by atoms with E-state index in [-0.39, 0.29) is 109 Å². The van der Waals surface area contributed by atoms with Crippen molar-refractivity contribution in [2.24, 2.45) is 0 Å². The molecule has 12 aromatic carbocycles. The third-order valence-corrected chi connectivity index (χ3v) is 23.0. The topological polar surface area (TPSA) is 102 Å². The van der Waals surface area contributed by atoms with Gasteiger partial charge >= 0.3 is 0 Å². The minimum atomic E-state index is -3.13. The van der Waals surface area contributed by atoms with Crippen LogP contribution in [-0.4, -0.2) is 39.3 Å². The summed E-state index contributed by atoms with van der Waals surface area (Å²) in [4.78, 5) is 20.0. The molecular weight excluding hydrogens is 1920 g/mol. The van der Waals surface area contributed by atoms with Crippen molar-refractivity contribution < 1.29 is 92.1 Å². The molecule has 8 nitrogen and oxygen atoms in total. The van der Waals surface area contributed by atoms with E-state index >= 15 is 0 Å². The molecule has 0 aliphatic carbocycles. The van der Waals surface area contributed by atoms with Crippen LogP contribution in [0, 0.1) is 25.8 Å². The number of imidazole rings is 2. The number of rotatable bonds is 12. The number of hydrogen-bond donors (Lipinski definition) is 2. The molecule has 16 rings (SSSR count). The number of pyridine rings is 2. The van der Waals surface area contributed by atoms with Crippen LogP contribution in [0.2, 0.25) is 0 Å². The van der Waals surface area contributed by atoms with Crippen LogP contribution in [0.25, 0.3) is 145 Å². The van der Waals surface area contributed by atoms with E-state index in [2.05, 4.69) is 97.6 Å². The molecule has 0 unspecified atom stereocenters. The molecule has 0 bridgehead atoms. The van der Waals surface area contributed by atoms with Gasteiger partial charge in [-0.05, 0) is 173 Å². The number of aromatic nitrogens is 6. The first-order valence-corrected chi connectivity index (χ1v) is 42.2. The van der Waals surface area contributed by atoms with Crippen molar-refractivity contribution in [1.82, 2.24) is 29.1 Å². The van der Waals surface area contributed by atoms with Crippen LogP contribution in [-0.2, 0) is 85.5 Å². The molecule has 10 heteroatoms. The number of aromatic hydroxyl groups is 2. The zero-order valence-electron chi connectivity index (χ0n) is 105. The van der Waals surface area contributed by atoms with Gasteiger partial charge < -0.3 is 10.2 Å². The average molecular weight is 2080 g/mol. The molecule has 0 spiro atoms. The monoisotopic (exact) mass is 2080 g/mol. The number of fused-ring (bicyclic) bond motifs is 2.